The molecule has 0 aliphatic rings. The monoisotopic (exact) mass is 279 g/mol. The van der Waals surface area contributed by atoms with Crippen molar-refractivity contribution in [1.29, 1.82) is 0 Å². The molecule has 0 aromatic heterocycles. The Bertz CT molecular complexity index is 286. The van der Waals surface area contributed by atoms with E-state index in [1.807, 2.05) is 13.8 Å². The smallest absolute Gasteiger partial charge is 0.407 e. The van der Waals surface area contributed by atoms with Crippen LogP contribution in [0.25, 0.3) is 0 Å². The maximum absolute atomic E-state index is 11.6. The molecule has 0 spiro atoms. The second kappa shape index (κ2) is 7.46. The van der Waals surface area contributed by atoms with Crippen LogP contribution in [0.5, 0.6) is 0 Å². The molecule has 0 radical (unpaired) electrons. The van der Waals surface area contributed by atoms with Gasteiger partial charge in [-0.3, -0.25) is 4.79 Å². The first-order valence-electron chi connectivity index (χ1n) is 5.87. The van der Waals surface area contributed by atoms with Crippen LogP contribution in [0.3, 0.4) is 0 Å². The molecule has 5 nitrogen and oxygen atoms in total. The number of rotatable bonds is 5. The Hall–Kier alpha value is -0.970. The van der Waals surface area contributed by atoms with Crippen molar-refractivity contribution in [3.8, 4) is 0 Å². The zero-order chi connectivity index (χ0) is 14.3. The Labute approximate surface area is 113 Å². The lowest BCUT2D eigenvalue weighted by atomic mass is 9.96. The summed E-state index contributed by atoms with van der Waals surface area (Å²) in [6.07, 6.45) is -0.549. The van der Waals surface area contributed by atoms with Crippen molar-refractivity contribution in [2.45, 2.75) is 40.2 Å². The molecular weight excluding hydrogens is 258 g/mol. The Morgan fingerprint density at radius 1 is 1.28 bits per heavy atom. The third-order valence-corrected chi connectivity index (χ3v) is 2.28. The summed E-state index contributed by atoms with van der Waals surface area (Å²) < 4.78 is 9.81. The lowest BCUT2D eigenvalue weighted by Crippen LogP contribution is -2.39. The third kappa shape index (κ3) is 7.37. The van der Waals surface area contributed by atoms with Crippen LogP contribution in [0.1, 0.15) is 34.6 Å². The summed E-state index contributed by atoms with van der Waals surface area (Å²) in [5.41, 5.74) is -0.561. The van der Waals surface area contributed by atoms with E-state index in [2.05, 4.69) is 5.32 Å². The molecule has 0 saturated carbocycles. The van der Waals surface area contributed by atoms with Gasteiger partial charge >= 0.3 is 12.1 Å². The van der Waals surface area contributed by atoms with E-state index in [1.54, 1.807) is 20.8 Å². The molecular formula is C12H22ClNO4. The fourth-order valence-corrected chi connectivity index (χ4v) is 1.37. The number of carbonyl (C=O) groups is 2. The van der Waals surface area contributed by atoms with Crippen LogP contribution >= 0.6 is 11.6 Å². The molecule has 0 aliphatic carbocycles. The van der Waals surface area contributed by atoms with Crippen molar-refractivity contribution >= 4 is 23.7 Å². The van der Waals surface area contributed by atoms with E-state index in [0.717, 1.165) is 0 Å². The van der Waals surface area contributed by atoms with E-state index in [4.69, 9.17) is 21.1 Å². The molecule has 0 bridgehead atoms. The highest BCUT2D eigenvalue weighted by molar-refractivity contribution is 6.17. The molecule has 1 amide bonds. The molecule has 0 aliphatic heterocycles. The first kappa shape index (κ1) is 17.0. The van der Waals surface area contributed by atoms with Gasteiger partial charge in [-0.15, -0.1) is 0 Å². The number of alkyl halides is 1. The summed E-state index contributed by atoms with van der Waals surface area (Å²) in [4.78, 5) is 23.0. The van der Waals surface area contributed by atoms with Gasteiger partial charge in [0.1, 0.15) is 5.60 Å². The summed E-state index contributed by atoms with van der Waals surface area (Å²) >= 11 is 5.34. The lowest BCUT2D eigenvalue weighted by Gasteiger charge is -2.22. The van der Waals surface area contributed by atoms with Crippen molar-refractivity contribution < 1.29 is 19.1 Å². The molecule has 0 saturated heterocycles. The minimum Gasteiger partial charge on any atom is -0.449 e. The number of esters is 1. The van der Waals surface area contributed by atoms with Gasteiger partial charge in [-0.1, -0.05) is 25.4 Å². The van der Waals surface area contributed by atoms with Crippen molar-refractivity contribution in [2.75, 3.05) is 12.6 Å². The molecule has 0 aromatic rings. The summed E-state index contributed by atoms with van der Waals surface area (Å²) in [5.74, 6) is -0.817. The Balaban J connectivity index is 4.28. The summed E-state index contributed by atoms with van der Waals surface area (Å²) in [5, 5.41) is 2.55. The number of hydrogen-bond acceptors (Lipinski definition) is 4. The highest BCUT2D eigenvalue weighted by Gasteiger charge is 2.25. The molecule has 0 rings (SSSR count). The normalized spacial score (nSPS) is 13.1. The first-order chi connectivity index (χ1) is 8.17. The molecule has 0 fully saturated rings. The largest absolute Gasteiger partial charge is 0.449 e. The van der Waals surface area contributed by atoms with Gasteiger partial charge in [-0.25, -0.2) is 4.79 Å². The van der Waals surface area contributed by atoms with Crippen LogP contribution in [0.2, 0.25) is 0 Å². The van der Waals surface area contributed by atoms with E-state index in [1.165, 1.54) is 0 Å². The van der Waals surface area contributed by atoms with E-state index in [-0.39, 0.29) is 18.5 Å². The van der Waals surface area contributed by atoms with Crippen molar-refractivity contribution in [2.24, 2.45) is 11.8 Å². The molecule has 18 heavy (non-hydrogen) atoms. The quantitative estimate of drug-likeness (QED) is 0.620. The van der Waals surface area contributed by atoms with Crippen LogP contribution in [0, 0.1) is 11.8 Å². The predicted octanol–water partition coefficient (Wildman–Crippen LogP) is 2.52. The maximum atomic E-state index is 11.6. The summed E-state index contributed by atoms with van der Waals surface area (Å²) in [6.45, 7) is 9.23. The maximum Gasteiger partial charge on any atom is 0.407 e. The first-order valence-corrected chi connectivity index (χ1v) is 6.40. The number of halogens is 1. The van der Waals surface area contributed by atoms with Crippen LogP contribution in [0.15, 0.2) is 0 Å². The van der Waals surface area contributed by atoms with Gasteiger partial charge in [0, 0.05) is 6.54 Å². The predicted molar refractivity (Wildman–Crippen MR) is 69.4 cm³/mol. The Morgan fingerprint density at radius 3 is 2.22 bits per heavy atom. The van der Waals surface area contributed by atoms with E-state index in [9.17, 15) is 9.59 Å². The SMILES string of the molecule is CC(C)C(CNC(=O)OC(C)(C)C)C(=O)OCCl. The molecule has 0 aromatic carbocycles. The number of carbonyl (C=O) groups excluding carboxylic acids is 2. The van der Waals surface area contributed by atoms with Crippen LogP contribution in [0.4, 0.5) is 4.79 Å². The number of hydrogen-bond donors (Lipinski definition) is 1. The zero-order valence-corrected chi connectivity index (χ0v) is 12.3. The minimum atomic E-state index is -0.561. The van der Waals surface area contributed by atoms with Crippen molar-refractivity contribution in [3.05, 3.63) is 0 Å². The van der Waals surface area contributed by atoms with Gasteiger partial charge in [0.2, 0.25) is 0 Å². The third-order valence-electron chi connectivity index (χ3n) is 2.17. The summed E-state index contributed by atoms with van der Waals surface area (Å²) in [6, 6.07) is -0.186. The topological polar surface area (TPSA) is 64.6 Å². The van der Waals surface area contributed by atoms with E-state index < -0.39 is 23.6 Å². The average molecular weight is 280 g/mol. The number of ether oxygens (including phenoxy) is 2. The average Bonchev–Trinajstić information content (AvgIpc) is 2.14. The van der Waals surface area contributed by atoms with Gasteiger partial charge < -0.3 is 14.8 Å². The van der Waals surface area contributed by atoms with E-state index in [0.29, 0.717) is 0 Å². The summed E-state index contributed by atoms with van der Waals surface area (Å²) in [7, 11) is 0. The molecule has 1 atom stereocenters. The van der Waals surface area contributed by atoms with Gasteiger partial charge in [0.15, 0.2) is 6.07 Å². The fraction of sp³-hybridized carbons (Fsp3) is 0.833. The highest BCUT2D eigenvalue weighted by Crippen LogP contribution is 2.13. The number of alkyl carbamates (subject to hydrolysis) is 1. The second-order valence-corrected chi connectivity index (χ2v) is 5.52. The highest BCUT2D eigenvalue weighted by atomic mass is 35.5. The molecule has 1 N–H and O–H groups in total. The Kier molecular flexibility index (Phi) is 7.06. The van der Waals surface area contributed by atoms with Gasteiger partial charge in [-0.05, 0) is 26.7 Å². The van der Waals surface area contributed by atoms with Gasteiger partial charge in [0.25, 0.3) is 0 Å². The molecule has 106 valence electrons. The van der Waals surface area contributed by atoms with Gasteiger partial charge in [0.05, 0.1) is 5.92 Å². The Morgan fingerprint density at radius 2 is 1.83 bits per heavy atom. The fourth-order valence-electron chi connectivity index (χ4n) is 1.26. The number of nitrogens with one attached hydrogen (secondary N) is 1. The standard InChI is InChI=1S/C12H22ClNO4/c1-8(2)9(10(15)17-7-13)6-14-11(16)18-12(3,4)5/h8-9H,6-7H2,1-5H3,(H,14,16). The van der Waals surface area contributed by atoms with Crippen LogP contribution in [-0.4, -0.2) is 30.3 Å². The number of amides is 1. The molecule has 0 heterocycles. The zero-order valence-electron chi connectivity index (χ0n) is 11.6. The van der Waals surface area contributed by atoms with Gasteiger partial charge in [-0.2, -0.15) is 0 Å². The van der Waals surface area contributed by atoms with Crippen molar-refractivity contribution in [3.63, 3.8) is 0 Å². The van der Waals surface area contributed by atoms with Crippen LogP contribution < -0.4 is 5.32 Å². The molecule has 1 unspecified atom stereocenters. The van der Waals surface area contributed by atoms with Crippen molar-refractivity contribution in [1.82, 2.24) is 5.32 Å². The lowest BCUT2D eigenvalue weighted by molar-refractivity contribution is -0.147. The van der Waals surface area contributed by atoms with E-state index >= 15 is 0 Å². The second-order valence-electron chi connectivity index (χ2n) is 5.31. The van der Waals surface area contributed by atoms with Crippen LogP contribution in [-0.2, 0) is 14.3 Å². The molecule has 6 heteroatoms. The minimum absolute atomic E-state index is 0.0376.